The first kappa shape index (κ1) is 22.0. The van der Waals surface area contributed by atoms with Gasteiger partial charge in [0.15, 0.2) is 11.6 Å². The summed E-state index contributed by atoms with van der Waals surface area (Å²) < 4.78 is 7.22. The molecule has 10 nitrogen and oxygen atoms in total. The first-order valence-electron chi connectivity index (χ1n) is 10.8. The predicted octanol–water partition coefficient (Wildman–Crippen LogP) is 5.15. The van der Waals surface area contributed by atoms with Crippen molar-refractivity contribution in [3.05, 3.63) is 88.1 Å². The number of benzene rings is 2. The summed E-state index contributed by atoms with van der Waals surface area (Å²) in [6, 6.07) is 19.5. The van der Waals surface area contributed by atoms with Crippen LogP contribution in [-0.4, -0.2) is 37.0 Å². The highest BCUT2D eigenvalue weighted by molar-refractivity contribution is 5.88. The van der Waals surface area contributed by atoms with Gasteiger partial charge in [-0.1, -0.05) is 24.3 Å². The molecule has 0 aliphatic rings. The number of nitro groups is 1. The number of methoxy groups -OCH3 is 1. The van der Waals surface area contributed by atoms with E-state index in [1.165, 1.54) is 12.1 Å². The van der Waals surface area contributed by atoms with Crippen LogP contribution in [0.4, 0.5) is 17.3 Å². The fraction of sp³-hybridized carbons (Fsp3) is 0.120. The quantitative estimate of drug-likeness (QED) is 0.269. The van der Waals surface area contributed by atoms with Gasteiger partial charge in [0.05, 0.1) is 23.4 Å². The second-order valence-electron chi connectivity index (χ2n) is 7.97. The maximum Gasteiger partial charge on any atom is 0.270 e. The number of anilines is 2. The lowest BCUT2D eigenvalue weighted by Crippen LogP contribution is -2.07. The number of pyridine rings is 1. The van der Waals surface area contributed by atoms with Crippen molar-refractivity contribution in [3.63, 3.8) is 0 Å². The number of rotatable bonds is 6. The Labute approximate surface area is 200 Å². The monoisotopic (exact) mass is 467 g/mol. The molecule has 0 saturated carbocycles. The number of para-hydroxylation sites is 1. The van der Waals surface area contributed by atoms with Crippen LogP contribution in [0.15, 0.2) is 66.7 Å². The number of fused-ring (bicyclic) bond motifs is 1. The number of aromatic nitrogens is 5. The molecule has 3 aromatic heterocycles. The van der Waals surface area contributed by atoms with E-state index >= 15 is 0 Å². The lowest BCUT2D eigenvalue weighted by atomic mass is 10.1. The van der Waals surface area contributed by atoms with Gasteiger partial charge in [-0.15, -0.1) is 10.2 Å². The summed E-state index contributed by atoms with van der Waals surface area (Å²) in [7, 11) is 1.62. The number of nitrogens with zero attached hydrogens (tertiary/aromatic N) is 6. The zero-order chi connectivity index (χ0) is 24.5. The molecule has 0 bridgehead atoms. The van der Waals surface area contributed by atoms with Gasteiger partial charge < -0.3 is 10.1 Å². The molecule has 0 aliphatic heterocycles. The van der Waals surface area contributed by atoms with Crippen LogP contribution in [0.2, 0.25) is 0 Å². The van der Waals surface area contributed by atoms with Crippen molar-refractivity contribution in [2.24, 2.45) is 0 Å². The van der Waals surface area contributed by atoms with Crippen molar-refractivity contribution in [2.75, 3.05) is 12.4 Å². The third kappa shape index (κ3) is 4.24. The van der Waals surface area contributed by atoms with Gasteiger partial charge in [-0.3, -0.25) is 10.1 Å². The molecule has 0 fully saturated rings. The van der Waals surface area contributed by atoms with E-state index in [0.29, 0.717) is 34.5 Å². The molecular weight excluding hydrogens is 446 g/mol. The van der Waals surface area contributed by atoms with Gasteiger partial charge in [-0.25, -0.2) is 4.98 Å². The minimum Gasteiger partial charge on any atom is -0.494 e. The molecule has 0 radical (unpaired) electrons. The third-order valence-corrected chi connectivity index (χ3v) is 5.54. The highest BCUT2D eigenvalue weighted by atomic mass is 16.6. The standard InChI is InChI=1S/C25H21N7O3/c1-15-12-23(27-25-19(15)8-5-9-21(25)35-3)31-24(13-16(2)30-31)26-22-11-10-20(28-29-22)17-6-4-7-18(14-17)32(33)34/h4-14H,1-3H3,(H,26,29). The number of hydrogen-bond donors (Lipinski definition) is 1. The van der Waals surface area contributed by atoms with Gasteiger partial charge in [0.2, 0.25) is 0 Å². The van der Waals surface area contributed by atoms with Crippen molar-refractivity contribution in [1.29, 1.82) is 0 Å². The molecule has 1 N–H and O–H groups in total. The van der Waals surface area contributed by atoms with Crippen LogP contribution < -0.4 is 10.1 Å². The lowest BCUT2D eigenvalue weighted by molar-refractivity contribution is -0.384. The Balaban J connectivity index is 1.48. The first-order chi connectivity index (χ1) is 16.9. The maximum absolute atomic E-state index is 11.1. The number of non-ortho nitro benzene ring substituents is 1. The Morgan fingerprint density at radius 1 is 1.00 bits per heavy atom. The van der Waals surface area contributed by atoms with E-state index in [1.54, 1.807) is 36.1 Å². The average molecular weight is 467 g/mol. The molecule has 0 amide bonds. The van der Waals surface area contributed by atoms with Gasteiger partial charge in [0, 0.05) is 29.1 Å². The van der Waals surface area contributed by atoms with E-state index in [-0.39, 0.29) is 5.69 Å². The topological polar surface area (TPSA) is 121 Å². The first-order valence-corrected chi connectivity index (χ1v) is 10.8. The Bertz CT molecular complexity index is 1560. The smallest absolute Gasteiger partial charge is 0.270 e. The van der Waals surface area contributed by atoms with E-state index in [4.69, 9.17) is 9.72 Å². The SMILES string of the molecule is COc1cccc2c(C)cc(-n3nc(C)cc3Nc3ccc(-c4cccc([N+](=O)[O-])c4)nn3)nc12. The molecule has 3 heterocycles. The van der Waals surface area contributed by atoms with Crippen LogP contribution >= 0.6 is 0 Å². The van der Waals surface area contributed by atoms with Crippen molar-refractivity contribution in [1.82, 2.24) is 25.0 Å². The van der Waals surface area contributed by atoms with E-state index in [1.807, 2.05) is 44.2 Å². The van der Waals surface area contributed by atoms with Crippen molar-refractivity contribution < 1.29 is 9.66 Å². The highest BCUT2D eigenvalue weighted by Gasteiger charge is 2.14. The van der Waals surface area contributed by atoms with Gasteiger partial charge >= 0.3 is 0 Å². The van der Waals surface area contributed by atoms with Crippen LogP contribution in [0.3, 0.4) is 0 Å². The largest absolute Gasteiger partial charge is 0.494 e. The lowest BCUT2D eigenvalue weighted by Gasteiger charge is -2.12. The second kappa shape index (κ2) is 8.82. The molecule has 174 valence electrons. The Kier molecular flexibility index (Phi) is 5.54. The average Bonchev–Trinajstić information content (AvgIpc) is 3.24. The van der Waals surface area contributed by atoms with E-state index in [9.17, 15) is 10.1 Å². The summed E-state index contributed by atoms with van der Waals surface area (Å²) >= 11 is 0. The Morgan fingerprint density at radius 2 is 1.83 bits per heavy atom. The van der Waals surface area contributed by atoms with Crippen molar-refractivity contribution in [3.8, 4) is 22.8 Å². The zero-order valence-electron chi connectivity index (χ0n) is 19.3. The molecule has 0 saturated heterocycles. The van der Waals surface area contributed by atoms with Gasteiger partial charge in [0.1, 0.15) is 17.1 Å². The number of hydrogen-bond acceptors (Lipinski definition) is 8. The molecule has 2 aromatic carbocycles. The zero-order valence-corrected chi connectivity index (χ0v) is 19.3. The Hall–Kier alpha value is -4.86. The van der Waals surface area contributed by atoms with Crippen LogP contribution in [0.1, 0.15) is 11.3 Å². The van der Waals surface area contributed by atoms with E-state index in [2.05, 4.69) is 20.6 Å². The number of ether oxygens (including phenoxy) is 1. The molecule has 10 heteroatoms. The molecule has 0 atom stereocenters. The highest BCUT2D eigenvalue weighted by Crippen LogP contribution is 2.29. The fourth-order valence-corrected chi connectivity index (χ4v) is 3.87. The number of nitro benzene ring substituents is 1. The van der Waals surface area contributed by atoms with Crippen molar-refractivity contribution >= 4 is 28.2 Å². The van der Waals surface area contributed by atoms with Crippen LogP contribution in [-0.2, 0) is 0 Å². The van der Waals surface area contributed by atoms with Crippen LogP contribution in [0, 0.1) is 24.0 Å². The number of aryl methyl sites for hydroxylation is 2. The summed E-state index contributed by atoms with van der Waals surface area (Å²) in [6.07, 6.45) is 0. The van der Waals surface area contributed by atoms with Crippen molar-refractivity contribution in [2.45, 2.75) is 13.8 Å². The molecule has 0 aliphatic carbocycles. The molecule has 0 spiro atoms. The van der Waals surface area contributed by atoms with Crippen LogP contribution in [0.5, 0.6) is 5.75 Å². The fourth-order valence-electron chi connectivity index (χ4n) is 3.87. The summed E-state index contributed by atoms with van der Waals surface area (Å²) in [5.74, 6) is 2.49. The minimum absolute atomic E-state index is 0.000637. The van der Waals surface area contributed by atoms with E-state index < -0.39 is 4.92 Å². The summed E-state index contributed by atoms with van der Waals surface area (Å²) in [5, 5.41) is 28.4. The van der Waals surface area contributed by atoms with Gasteiger partial charge in [-0.05, 0) is 43.7 Å². The molecule has 0 unspecified atom stereocenters. The summed E-state index contributed by atoms with van der Waals surface area (Å²) in [5.41, 5.74) is 3.75. The predicted molar refractivity (Wildman–Crippen MR) is 132 cm³/mol. The van der Waals surface area contributed by atoms with Gasteiger partial charge in [0.25, 0.3) is 5.69 Å². The molecule has 35 heavy (non-hydrogen) atoms. The van der Waals surface area contributed by atoms with Crippen LogP contribution in [0.25, 0.3) is 28.0 Å². The Morgan fingerprint density at radius 3 is 2.57 bits per heavy atom. The van der Waals surface area contributed by atoms with E-state index in [0.717, 1.165) is 22.2 Å². The molecule has 5 aromatic rings. The normalized spacial score (nSPS) is 10.9. The second-order valence-corrected chi connectivity index (χ2v) is 7.97. The summed E-state index contributed by atoms with van der Waals surface area (Å²) in [6.45, 7) is 3.92. The number of nitrogens with one attached hydrogen (secondary N) is 1. The van der Waals surface area contributed by atoms with Gasteiger partial charge in [-0.2, -0.15) is 9.78 Å². The summed E-state index contributed by atoms with van der Waals surface area (Å²) in [4.78, 5) is 15.4. The third-order valence-electron chi connectivity index (χ3n) is 5.54. The maximum atomic E-state index is 11.1. The minimum atomic E-state index is -0.436. The molecule has 5 rings (SSSR count). The molecular formula is C25H21N7O3.